The lowest BCUT2D eigenvalue weighted by Crippen LogP contribution is -2.27. The fourth-order valence-electron chi connectivity index (χ4n) is 2.20. The Morgan fingerprint density at radius 1 is 1.18 bits per heavy atom. The van der Waals surface area contributed by atoms with Crippen molar-refractivity contribution in [2.75, 3.05) is 4.90 Å². The molecule has 2 aromatic carbocycles. The second-order valence-corrected chi connectivity index (χ2v) is 6.53. The van der Waals surface area contributed by atoms with Crippen LogP contribution in [0.15, 0.2) is 53.4 Å². The van der Waals surface area contributed by atoms with Crippen LogP contribution in [0.1, 0.15) is 11.1 Å². The second kappa shape index (κ2) is 6.02. The normalized spacial score (nSPS) is 16.6. The van der Waals surface area contributed by atoms with Crippen LogP contribution in [0.5, 0.6) is 0 Å². The Morgan fingerprint density at radius 2 is 1.95 bits per heavy atom. The monoisotopic (exact) mass is 329 g/mol. The quantitative estimate of drug-likeness (QED) is 0.596. The zero-order chi connectivity index (χ0) is 15.7. The Bertz CT molecular complexity index is 801. The Morgan fingerprint density at radius 3 is 2.68 bits per heavy atom. The highest BCUT2D eigenvalue weighted by Gasteiger charge is 2.33. The van der Waals surface area contributed by atoms with Crippen molar-refractivity contribution in [1.29, 1.82) is 0 Å². The summed E-state index contributed by atoms with van der Waals surface area (Å²) in [6, 6.07) is 13.7. The van der Waals surface area contributed by atoms with Gasteiger partial charge in [-0.15, -0.1) is 0 Å². The third kappa shape index (κ3) is 2.82. The topological polar surface area (TPSA) is 20.3 Å². The number of hydrogen-bond donors (Lipinski definition) is 0. The van der Waals surface area contributed by atoms with E-state index >= 15 is 0 Å². The molecule has 1 heterocycles. The molecule has 0 bridgehead atoms. The van der Waals surface area contributed by atoms with E-state index in [1.165, 1.54) is 28.8 Å². The lowest BCUT2D eigenvalue weighted by molar-refractivity contribution is -0.113. The molecule has 0 radical (unpaired) electrons. The first-order chi connectivity index (χ1) is 10.6. The van der Waals surface area contributed by atoms with Crippen molar-refractivity contribution >= 4 is 46.0 Å². The molecule has 22 heavy (non-hydrogen) atoms. The molecule has 0 N–H and O–H groups in total. The van der Waals surface area contributed by atoms with E-state index in [4.69, 9.17) is 12.2 Å². The number of thiocarbonyl (C=S) groups is 1. The number of aryl methyl sites for hydroxylation is 1. The molecule has 3 rings (SSSR count). The average Bonchev–Trinajstić information content (AvgIpc) is 2.76. The minimum Gasteiger partial charge on any atom is -0.268 e. The molecule has 1 saturated heterocycles. The maximum absolute atomic E-state index is 13.4. The third-order valence-electron chi connectivity index (χ3n) is 3.34. The summed E-state index contributed by atoms with van der Waals surface area (Å²) in [5.41, 5.74) is 2.51. The van der Waals surface area contributed by atoms with Crippen LogP contribution < -0.4 is 4.90 Å². The molecule has 1 fully saturated rings. The summed E-state index contributed by atoms with van der Waals surface area (Å²) in [5, 5.41) is 0. The Balaban J connectivity index is 1.97. The van der Waals surface area contributed by atoms with Gasteiger partial charge in [-0.2, -0.15) is 0 Å². The van der Waals surface area contributed by atoms with Crippen LogP contribution in [0.4, 0.5) is 10.1 Å². The SMILES string of the molecule is Cc1ccccc1/C=C1\SC(=S)N(c2cccc(F)c2)C1=O. The van der Waals surface area contributed by atoms with Gasteiger partial charge in [0.15, 0.2) is 4.32 Å². The first kappa shape index (κ1) is 14.9. The van der Waals surface area contributed by atoms with Gasteiger partial charge in [0.1, 0.15) is 5.82 Å². The van der Waals surface area contributed by atoms with Gasteiger partial charge in [-0.25, -0.2) is 4.39 Å². The highest BCUT2D eigenvalue weighted by atomic mass is 32.2. The van der Waals surface area contributed by atoms with E-state index in [-0.39, 0.29) is 5.91 Å². The maximum atomic E-state index is 13.4. The van der Waals surface area contributed by atoms with Gasteiger partial charge in [-0.1, -0.05) is 54.3 Å². The van der Waals surface area contributed by atoms with Gasteiger partial charge in [0.05, 0.1) is 10.6 Å². The van der Waals surface area contributed by atoms with E-state index < -0.39 is 5.82 Å². The summed E-state index contributed by atoms with van der Waals surface area (Å²) in [6.45, 7) is 1.99. The second-order valence-electron chi connectivity index (χ2n) is 4.85. The van der Waals surface area contributed by atoms with Crippen molar-refractivity contribution < 1.29 is 9.18 Å². The van der Waals surface area contributed by atoms with Crippen LogP contribution in [0.25, 0.3) is 6.08 Å². The molecule has 0 unspecified atom stereocenters. The van der Waals surface area contributed by atoms with E-state index in [1.807, 2.05) is 37.3 Å². The Labute approximate surface area is 137 Å². The molecule has 0 saturated carbocycles. The van der Waals surface area contributed by atoms with E-state index in [9.17, 15) is 9.18 Å². The summed E-state index contributed by atoms with van der Waals surface area (Å²) < 4.78 is 13.8. The summed E-state index contributed by atoms with van der Waals surface area (Å²) in [5.74, 6) is -0.613. The van der Waals surface area contributed by atoms with Gasteiger partial charge in [0.2, 0.25) is 0 Å². The van der Waals surface area contributed by atoms with E-state index in [1.54, 1.807) is 12.1 Å². The van der Waals surface area contributed by atoms with Crippen LogP contribution >= 0.6 is 24.0 Å². The van der Waals surface area contributed by atoms with Crippen LogP contribution in [0.3, 0.4) is 0 Å². The minimum atomic E-state index is -0.394. The highest BCUT2D eigenvalue weighted by Crippen LogP contribution is 2.36. The number of thioether (sulfide) groups is 1. The summed E-state index contributed by atoms with van der Waals surface area (Å²) in [4.78, 5) is 14.5. The molecular weight excluding hydrogens is 317 g/mol. The first-order valence-electron chi connectivity index (χ1n) is 6.65. The van der Waals surface area contributed by atoms with Crippen molar-refractivity contribution in [2.24, 2.45) is 0 Å². The fourth-order valence-corrected chi connectivity index (χ4v) is 3.49. The van der Waals surface area contributed by atoms with Crippen molar-refractivity contribution in [3.63, 3.8) is 0 Å². The predicted octanol–water partition coefficient (Wildman–Crippen LogP) is 4.54. The Kier molecular flexibility index (Phi) is 4.09. The van der Waals surface area contributed by atoms with Crippen molar-refractivity contribution in [3.05, 3.63) is 70.4 Å². The maximum Gasteiger partial charge on any atom is 0.270 e. The molecule has 1 aliphatic rings. The molecule has 5 heteroatoms. The molecule has 0 aromatic heterocycles. The van der Waals surface area contributed by atoms with Gasteiger partial charge < -0.3 is 0 Å². The van der Waals surface area contributed by atoms with Crippen LogP contribution in [-0.2, 0) is 4.79 Å². The predicted molar refractivity (Wildman–Crippen MR) is 93.2 cm³/mol. The number of carbonyl (C=O) groups is 1. The smallest absolute Gasteiger partial charge is 0.268 e. The summed E-state index contributed by atoms with van der Waals surface area (Å²) in [7, 11) is 0. The van der Waals surface area contributed by atoms with E-state index in [0.717, 1.165) is 11.1 Å². The molecule has 1 aliphatic heterocycles. The van der Waals surface area contributed by atoms with Gasteiger partial charge in [0.25, 0.3) is 5.91 Å². The number of rotatable bonds is 2. The van der Waals surface area contributed by atoms with Crippen molar-refractivity contribution in [2.45, 2.75) is 6.92 Å². The number of nitrogens with zero attached hydrogens (tertiary/aromatic N) is 1. The fraction of sp³-hybridized carbons (Fsp3) is 0.0588. The number of anilines is 1. The largest absolute Gasteiger partial charge is 0.270 e. The Hall–Kier alpha value is -1.98. The number of benzene rings is 2. The summed E-state index contributed by atoms with van der Waals surface area (Å²) in [6.07, 6.45) is 1.83. The molecule has 2 nitrogen and oxygen atoms in total. The average molecular weight is 329 g/mol. The standard InChI is InChI=1S/C17H12FNOS2/c1-11-5-2-3-6-12(11)9-15-16(20)19(17(21)22-15)14-8-4-7-13(18)10-14/h2-10H,1H3/b15-9-. The number of halogens is 1. The van der Waals surface area contributed by atoms with E-state index in [0.29, 0.717) is 14.9 Å². The van der Waals surface area contributed by atoms with Gasteiger partial charge in [0, 0.05) is 0 Å². The zero-order valence-electron chi connectivity index (χ0n) is 11.7. The highest BCUT2D eigenvalue weighted by molar-refractivity contribution is 8.27. The zero-order valence-corrected chi connectivity index (χ0v) is 13.4. The number of hydrogen-bond acceptors (Lipinski definition) is 3. The molecule has 0 aliphatic carbocycles. The van der Waals surface area contributed by atoms with Crippen LogP contribution in [-0.4, -0.2) is 10.2 Å². The summed E-state index contributed by atoms with van der Waals surface area (Å²) >= 11 is 6.51. The molecule has 2 aromatic rings. The molecule has 0 atom stereocenters. The lowest BCUT2D eigenvalue weighted by Gasteiger charge is -2.14. The lowest BCUT2D eigenvalue weighted by atomic mass is 10.1. The molecule has 0 spiro atoms. The number of carbonyl (C=O) groups excluding carboxylic acids is 1. The first-order valence-corrected chi connectivity index (χ1v) is 7.88. The van der Waals surface area contributed by atoms with Crippen LogP contribution in [0, 0.1) is 12.7 Å². The van der Waals surface area contributed by atoms with Gasteiger partial charge in [-0.05, 0) is 42.3 Å². The van der Waals surface area contributed by atoms with E-state index in [2.05, 4.69) is 0 Å². The van der Waals surface area contributed by atoms with Crippen molar-refractivity contribution in [1.82, 2.24) is 0 Å². The van der Waals surface area contributed by atoms with Crippen molar-refractivity contribution in [3.8, 4) is 0 Å². The van der Waals surface area contributed by atoms with Crippen LogP contribution in [0.2, 0.25) is 0 Å². The third-order valence-corrected chi connectivity index (χ3v) is 4.64. The molecule has 1 amide bonds. The van der Waals surface area contributed by atoms with Gasteiger partial charge >= 0.3 is 0 Å². The van der Waals surface area contributed by atoms with Gasteiger partial charge in [-0.3, -0.25) is 9.69 Å². The molecule has 110 valence electrons. The molecular formula is C17H12FNOS2. The number of amides is 1. The minimum absolute atomic E-state index is 0.219.